The molecule has 1 N–H and O–H groups in total. The lowest BCUT2D eigenvalue weighted by Crippen LogP contribution is -1.99. The quantitative estimate of drug-likeness (QED) is 0.538. The fourth-order valence-electron chi connectivity index (χ4n) is 2.63. The molecule has 0 aliphatic rings. The molecule has 0 atom stereocenters. The smallest absolute Gasteiger partial charge is 0.207 e. The average Bonchev–Trinajstić information content (AvgIpc) is 3.29. The first-order chi connectivity index (χ1) is 12.7. The van der Waals surface area contributed by atoms with Crippen LogP contribution in [0.2, 0.25) is 0 Å². The average molecular weight is 361 g/mol. The molecule has 128 valence electrons. The zero-order chi connectivity index (χ0) is 17.9. The fourth-order valence-corrected chi connectivity index (χ4v) is 3.23. The SMILES string of the molecule is Cc1nn(-c2ccccc2C=O)cc1-c1nsc(Nc2ccccc2)n1. The Hall–Kier alpha value is -3.32. The molecular formula is C19H15N5OS. The van der Waals surface area contributed by atoms with Gasteiger partial charge in [0.25, 0.3) is 0 Å². The highest BCUT2D eigenvalue weighted by Gasteiger charge is 2.15. The van der Waals surface area contributed by atoms with E-state index in [0.29, 0.717) is 16.5 Å². The van der Waals surface area contributed by atoms with Gasteiger partial charge in [0.1, 0.15) is 0 Å². The van der Waals surface area contributed by atoms with E-state index in [1.54, 1.807) is 10.7 Å². The van der Waals surface area contributed by atoms with Crippen molar-refractivity contribution in [3.8, 4) is 17.1 Å². The van der Waals surface area contributed by atoms with Crippen molar-refractivity contribution in [2.45, 2.75) is 6.92 Å². The summed E-state index contributed by atoms with van der Waals surface area (Å²) in [6.45, 7) is 1.90. The molecule has 0 fully saturated rings. The van der Waals surface area contributed by atoms with E-state index in [2.05, 4.69) is 19.8 Å². The minimum atomic E-state index is 0.583. The molecule has 4 aromatic rings. The third kappa shape index (κ3) is 3.12. The third-order valence-electron chi connectivity index (χ3n) is 3.90. The maximum absolute atomic E-state index is 11.3. The van der Waals surface area contributed by atoms with Crippen LogP contribution >= 0.6 is 11.5 Å². The van der Waals surface area contributed by atoms with Crippen molar-refractivity contribution >= 4 is 28.6 Å². The summed E-state index contributed by atoms with van der Waals surface area (Å²) >= 11 is 1.30. The molecule has 2 aromatic heterocycles. The Labute approximate surface area is 154 Å². The molecule has 0 spiro atoms. The molecule has 2 heterocycles. The number of aldehydes is 1. The van der Waals surface area contributed by atoms with Crippen molar-refractivity contribution in [1.29, 1.82) is 0 Å². The number of nitrogens with one attached hydrogen (secondary N) is 1. The fraction of sp³-hybridized carbons (Fsp3) is 0.0526. The first kappa shape index (κ1) is 16.2. The number of aromatic nitrogens is 4. The second-order valence-electron chi connectivity index (χ2n) is 5.66. The molecule has 2 aromatic carbocycles. The van der Waals surface area contributed by atoms with Crippen molar-refractivity contribution in [2.75, 3.05) is 5.32 Å². The van der Waals surface area contributed by atoms with Gasteiger partial charge in [0.05, 0.1) is 16.9 Å². The van der Waals surface area contributed by atoms with E-state index in [1.807, 2.05) is 61.7 Å². The van der Waals surface area contributed by atoms with Crippen LogP contribution in [0.3, 0.4) is 0 Å². The van der Waals surface area contributed by atoms with Crippen molar-refractivity contribution in [1.82, 2.24) is 19.1 Å². The Morgan fingerprint density at radius 3 is 2.65 bits per heavy atom. The minimum absolute atomic E-state index is 0.583. The number of anilines is 2. The first-order valence-electron chi connectivity index (χ1n) is 8.01. The number of nitrogens with zero attached hydrogens (tertiary/aromatic N) is 4. The van der Waals surface area contributed by atoms with Crippen LogP contribution in [0, 0.1) is 6.92 Å². The normalized spacial score (nSPS) is 10.7. The number of hydrogen-bond acceptors (Lipinski definition) is 6. The first-order valence-corrected chi connectivity index (χ1v) is 8.79. The maximum atomic E-state index is 11.3. The Morgan fingerprint density at radius 2 is 1.85 bits per heavy atom. The molecule has 0 saturated heterocycles. The lowest BCUT2D eigenvalue weighted by Gasteiger charge is -2.03. The number of carbonyl (C=O) groups is 1. The highest BCUT2D eigenvalue weighted by atomic mass is 32.1. The van der Waals surface area contributed by atoms with Crippen LogP contribution in [0.1, 0.15) is 16.1 Å². The van der Waals surface area contributed by atoms with E-state index in [9.17, 15) is 4.79 Å². The van der Waals surface area contributed by atoms with E-state index < -0.39 is 0 Å². The molecule has 6 nitrogen and oxygen atoms in total. The summed E-state index contributed by atoms with van der Waals surface area (Å²) in [7, 11) is 0. The molecule has 0 saturated carbocycles. The number of para-hydroxylation sites is 2. The minimum Gasteiger partial charge on any atom is -0.330 e. The Morgan fingerprint density at radius 1 is 1.08 bits per heavy atom. The van der Waals surface area contributed by atoms with Gasteiger partial charge in [-0.05, 0) is 31.2 Å². The van der Waals surface area contributed by atoms with Crippen LogP contribution in [0.15, 0.2) is 60.8 Å². The van der Waals surface area contributed by atoms with E-state index in [4.69, 9.17) is 0 Å². The van der Waals surface area contributed by atoms with Crippen LogP contribution in [-0.2, 0) is 0 Å². The number of hydrogen-bond donors (Lipinski definition) is 1. The highest BCUT2D eigenvalue weighted by molar-refractivity contribution is 7.09. The molecule has 0 amide bonds. The molecule has 0 unspecified atom stereocenters. The summed E-state index contributed by atoms with van der Waals surface area (Å²) < 4.78 is 6.13. The molecule has 7 heteroatoms. The van der Waals surface area contributed by atoms with Crippen molar-refractivity contribution in [3.63, 3.8) is 0 Å². The second kappa shape index (κ2) is 6.89. The van der Waals surface area contributed by atoms with E-state index in [0.717, 1.165) is 28.9 Å². The van der Waals surface area contributed by atoms with Gasteiger partial charge in [0, 0.05) is 29.0 Å². The molecule has 4 rings (SSSR count). The number of carbonyl (C=O) groups excluding carboxylic acids is 1. The van der Waals surface area contributed by atoms with Gasteiger partial charge in [0.2, 0.25) is 5.13 Å². The lowest BCUT2D eigenvalue weighted by atomic mass is 10.2. The van der Waals surface area contributed by atoms with Gasteiger partial charge < -0.3 is 5.32 Å². The van der Waals surface area contributed by atoms with Crippen LogP contribution in [0.4, 0.5) is 10.8 Å². The zero-order valence-electron chi connectivity index (χ0n) is 14.0. The lowest BCUT2D eigenvalue weighted by molar-refractivity contribution is 0.112. The number of rotatable bonds is 5. The Bertz CT molecular complexity index is 1050. The summed E-state index contributed by atoms with van der Waals surface area (Å²) in [4.78, 5) is 15.8. The summed E-state index contributed by atoms with van der Waals surface area (Å²) in [6.07, 6.45) is 2.68. The van der Waals surface area contributed by atoms with Gasteiger partial charge in [-0.2, -0.15) is 14.5 Å². The van der Waals surface area contributed by atoms with Gasteiger partial charge >= 0.3 is 0 Å². The van der Waals surface area contributed by atoms with Crippen molar-refractivity contribution in [3.05, 3.63) is 72.1 Å². The van der Waals surface area contributed by atoms with Crippen LogP contribution in [0.25, 0.3) is 17.1 Å². The predicted molar refractivity (Wildman–Crippen MR) is 102 cm³/mol. The summed E-state index contributed by atoms with van der Waals surface area (Å²) in [6, 6.07) is 17.2. The van der Waals surface area contributed by atoms with Gasteiger partial charge in [-0.3, -0.25) is 4.79 Å². The number of aryl methyl sites for hydroxylation is 1. The van der Waals surface area contributed by atoms with E-state index >= 15 is 0 Å². The highest BCUT2D eigenvalue weighted by Crippen LogP contribution is 2.27. The van der Waals surface area contributed by atoms with Crippen molar-refractivity contribution < 1.29 is 4.79 Å². The van der Waals surface area contributed by atoms with Crippen LogP contribution in [-0.4, -0.2) is 25.4 Å². The summed E-state index contributed by atoms with van der Waals surface area (Å²) in [5, 5.41) is 8.48. The van der Waals surface area contributed by atoms with Gasteiger partial charge in [-0.1, -0.05) is 30.3 Å². The molecule has 26 heavy (non-hydrogen) atoms. The molecule has 0 bridgehead atoms. The molecular weight excluding hydrogens is 346 g/mol. The van der Waals surface area contributed by atoms with E-state index in [1.165, 1.54) is 11.5 Å². The monoisotopic (exact) mass is 361 g/mol. The predicted octanol–water partition coefficient (Wildman–Crippen LogP) is 4.26. The van der Waals surface area contributed by atoms with Crippen molar-refractivity contribution in [2.24, 2.45) is 0 Å². The standard InChI is InChI=1S/C19H15N5OS/c1-13-16(11-24(22-13)17-10-6-5-7-14(17)12-25)18-21-19(26-23-18)20-15-8-3-2-4-9-15/h2-12H,1H3,(H,20,21,23). The summed E-state index contributed by atoms with van der Waals surface area (Å²) in [5.41, 5.74) is 3.91. The van der Waals surface area contributed by atoms with Gasteiger partial charge in [-0.25, -0.2) is 4.68 Å². The van der Waals surface area contributed by atoms with Crippen LogP contribution < -0.4 is 5.32 Å². The number of benzene rings is 2. The molecule has 0 aliphatic carbocycles. The maximum Gasteiger partial charge on any atom is 0.207 e. The largest absolute Gasteiger partial charge is 0.330 e. The van der Waals surface area contributed by atoms with Gasteiger partial charge in [0.15, 0.2) is 12.1 Å². The van der Waals surface area contributed by atoms with Gasteiger partial charge in [-0.15, -0.1) is 0 Å². The molecule has 0 aliphatic heterocycles. The topological polar surface area (TPSA) is 72.7 Å². The summed E-state index contributed by atoms with van der Waals surface area (Å²) in [5.74, 6) is 0.612. The second-order valence-corrected chi connectivity index (χ2v) is 6.42. The zero-order valence-corrected chi connectivity index (χ0v) is 14.8. The Kier molecular flexibility index (Phi) is 4.28. The van der Waals surface area contributed by atoms with E-state index in [-0.39, 0.29) is 0 Å². The third-order valence-corrected chi connectivity index (χ3v) is 4.53. The Balaban J connectivity index is 1.65. The van der Waals surface area contributed by atoms with Crippen LogP contribution in [0.5, 0.6) is 0 Å². The molecule has 0 radical (unpaired) electrons.